The van der Waals surface area contributed by atoms with Gasteiger partial charge in [-0.2, -0.15) is 5.10 Å². The summed E-state index contributed by atoms with van der Waals surface area (Å²) in [4.78, 5) is 11.1. The van der Waals surface area contributed by atoms with Gasteiger partial charge in [0.1, 0.15) is 5.75 Å². The number of rotatable bonds is 6. The number of aromatic nitrogens is 2. The Morgan fingerprint density at radius 1 is 1.30 bits per heavy atom. The van der Waals surface area contributed by atoms with Crippen LogP contribution in [0.1, 0.15) is 21.6 Å². The van der Waals surface area contributed by atoms with E-state index in [9.17, 15) is 4.79 Å². The van der Waals surface area contributed by atoms with E-state index in [4.69, 9.17) is 9.47 Å². The van der Waals surface area contributed by atoms with E-state index in [0.717, 1.165) is 12.7 Å². The highest BCUT2D eigenvalue weighted by molar-refractivity contribution is 5.80. The summed E-state index contributed by atoms with van der Waals surface area (Å²) >= 11 is 0. The largest absolute Gasteiger partial charge is 0.439 e. The van der Waals surface area contributed by atoms with Crippen molar-refractivity contribution >= 4 is 6.29 Å². The Bertz CT molecular complexity index is 588. The van der Waals surface area contributed by atoms with Crippen molar-refractivity contribution in [1.82, 2.24) is 9.78 Å². The Balaban J connectivity index is 2.16. The Morgan fingerprint density at radius 2 is 2.00 bits per heavy atom. The van der Waals surface area contributed by atoms with Crippen LogP contribution in [0.25, 0.3) is 0 Å². The Labute approximate surface area is 118 Å². The summed E-state index contributed by atoms with van der Waals surface area (Å²) < 4.78 is 12.4. The van der Waals surface area contributed by atoms with E-state index in [-0.39, 0.29) is 0 Å². The first kappa shape index (κ1) is 14.3. The molecule has 0 saturated heterocycles. The second-order valence-corrected chi connectivity index (χ2v) is 4.53. The van der Waals surface area contributed by atoms with Gasteiger partial charge < -0.3 is 9.47 Å². The molecule has 5 nitrogen and oxygen atoms in total. The molecule has 0 aliphatic heterocycles. The summed E-state index contributed by atoms with van der Waals surface area (Å²) in [6, 6.07) is 7.72. The smallest absolute Gasteiger partial charge is 0.228 e. The number of hydrogen-bond donors (Lipinski definition) is 0. The van der Waals surface area contributed by atoms with E-state index in [1.54, 1.807) is 25.8 Å². The predicted octanol–water partition coefficient (Wildman–Crippen LogP) is 2.52. The van der Waals surface area contributed by atoms with E-state index >= 15 is 0 Å². The number of aryl methyl sites for hydroxylation is 2. The SMILES string of the molecule is COCCc1ccc(Oc2c(C=O)c(C)nn2C)cc1. The van der Waals surface area contributed by atoms with Crippen molar-refractivity contribution in [3.05, 3.63) is 41.1 Å². The monoisotopic (exact) mass is 274 g/mol. The summed E-state index contributed by atoms with van der Waals surface area (Å²) in [5, 5.41) is 4.18. The molecule has 0 radical (unpaired) electrons. The van der Waals surface area contributed by atoms with Gasteiger partial charge >= 0.3 is 0 Å². The lowest BCUT2D eigenvalue weighted by Crippen LogP contribution is -1.97. The van der Waals surface area contributed by atoms with E-state index in [0.29, 0.717) is 29.5 Å². The third-order valence-electron chi connectivity index (χ3n) is 3.06. The summed E-state index contributed by atoms with van der Waals surface area (Å²) in [6.07, 6.45) is 1.63. The normalized spacial score (nSPS) is 10.6. The molecular formula is C15H18N2O3. The van der Waals surface area contributed by atoms with Crippen molar-refractivity contribution in [3.63, 3.8) is 0 Å². The lowest BCUT2D eigenvalue weighted by Gasteiger charge is -2.07. The fourth-order valence-electron chi connectivity index (χ4n) is 1.97. The molecule has 0 amide bonds. The van der Waals surface area contributed by atoms with Gasteiger partial charge in [0.2, 0.25) is 5.88 Å². The average molecular weight is 274 g/mol. The average Bonchev–Trinajstić information content (AvgIpc) is 2.72. The Hall–Kier alpha value is -2.14. The van der Waals surface area contributed by atoms with E-state index in [1.165, 1.54) is 5.56 Å². The zero-order chi connectivity index (χ0) is 14.5. The molecule has 0 spiro atoms. The fraction of sp³-hybridized carbons (Fsp3) is 0.333. The van der Waals surface area contributed by atoms with Crippen LogP contribution < -0.4 is 4.74 Å². The lowest BCUT2D eigenvalue weighted by molar-refractivity contribution is 0.112. The minimum Gasteiger partial charge on any atom is -0.439 e. The minimum atomic E-state index is 0.460. The van der Waals surface area contributed by atoms with Crippen molar-refractivity contribution in [1.29, 1.82) is 0 Å². The number of benzene rings is 1. The number of carbonyl (C=O) groups is 1. The van der Waals surface area contributed by atoms with Crippen LogP contribution in [0, 0.1) is 6.92 Å². The van der Waals surface area contributed by atoms with Crippen molar-refractivity contribution in [2.45, 2.75) is 13.3 Å². The Morgan fingerprint density at radius 3 is 2.60 bits per heavy atom. The number of ether oxygens (including phenoxy) is 2. The van der Waals surface area contributed by atoms with Gasteiger partial charge in [0, 0.05) is 14.2 Å². The molecule has 1 aromatic heterocycles. The molecule has 2 aromatic rings. The third-order valence-corrected chi connectivity index (χ3v) is 3.06. The van der Waals surface area contributed by atoms with Crippen molar-refractivity contribution in [3.8, 4) is 11.6 Å². The third kappa shape index (κ3) is 3.05. The molecule has 2 rings (SSSR count). The van der Waals surface area contributed by atoms with Crippen molar-refractivity contribution in [2.75, 3.05) is 13.7 Å². The quantitative estimate of drug-likeness (QED) is 0.759. The first-order valence-corrected chi connectivity index (χ1v) is 6.40. The van der Waals surface area contributed by atoms with Crippen LogP contribution in [0.5, 0.6) is 11.6 Å². The zero-order valence-electron chi connectivity index (χ0n) is 11.9. The molecule has 5 heteroatoms. The summed E-state index contributed by atoms with van der Waals surface area (Å²) in [5.41, 5.74) is 2.32. The van der Waals surface area contributed by atoms with Crippen molar-refractivity contribution < 1.29 is 14.3 Å². The van der Waals surface area contributed by atoms with E-state index < -0.39 is 0 Å². The first-order chi connectivity index (χ1) is 9.65. The molecule has 0 bridgehead atoms. The molecule has 20 heavy (non-hydrogen) atoms. The summed E-state index contributed by atoms with van der Waals surface area (Å²) in [7, 11) is 3.44. The molecule has 0 unspecified atom stereocenters. The number of methoxy groups -OCH3 is 1. The molecule has 106 valence electrons. The van der Waals surface area contributed by atoms with Gasteiger partial charge in [-0.1, -0.05) is 12.1 Å². The number of aldehydes is 1. The number of nitrogens with zero attached hydrogens (tertiary/aromatic N) is 2. The van der Waals surface area contributed by atoms with Gasteiger partial charge in [0.15, 0.2) is 6.29 Å². The second kappa shape index (κ2) is 6.34. The van der Waals surface area contributed by atoms with Crippen LogP contribution in [0.3, 0.4) is 0 Å². The van der Waals surface area contributed by atoms with Gasteiger partial charge in [-0.05, 0) is 31.0 Å². The van der Waals surface area contributed by atoms with Gasteiger partial charge in [-0.15, -0.1) is 0 Å². The van der Waals surface area contributed by atoms with Crippen LogP contribution in [0.15, 0.2) is 24.3 Å². The molecule has 0 N–H and O–H groups in total. The molecule has 0 saturated carbocycles. The molecule has 0 fully saturated rings. The van der Waals surface area contributed by atoms with Crippen LogP contribution in [0.4, 0.5) is 0 Å². The van der Waals surface area contributed by atoms with Crippen LogP contribution in [0.2, 0.25) is 0 Å². The zero-order valence-corrected chi connectivity index (χ0v) is 11.9. The van der Waals surface area contributed by atoms with Gasteiger partial charge in [-0.25, -0.2) is 4.68 Å². The van der Waals surface area contributed by atoms with Crippen LogP contribution in [-0.2, 0) is 18.2 Å². The highest BCUT2D eigenvalue weighted by atomic mass is 16.5. The van der Waals surface area contributed by atoms with Crippen LogP contribution >= 0.6 is 0 Å². The fourth-order valence-corrected chi connectivity index (χ4v) is 1.97. The Kier molecular flexibility index (Phi) is 4.53. The predicted molar refractivity (Wildman–Crippen MR) is 75.4 cm³/mol. The van der Waals surface area contributed by atoms with Crippen LogP contribution in [-0.4, -0.2) is 29.8 Å². The molecule has 1 aromatic carbocycles. The highest BCUT2D eigenvalue weighted by Gasteiger charge is 2.14. The highest BCUT2D eigenvalue weighted by Crippen LogP contribution is 2.26. The maximum atomic E-state index is 11.1. The van der Waals surface area contributed by atoms with Crippen molar-refractivity contribution in [2.24, 2.45) is 7.05 Å². The number of hydrogen-bond acceptors (Lipinski definition) is 4. The van der Waals surface area contributed by atoms with Gasteiger partial charge in [-0.3, -0.25) is 4.79 Å². The first-order valence-electron chi connectivity index (χ1n) is 6.40. The topological polar surface area (TPSA) is 53.4 Å². The lowest BCUT2D eigenvalue weighted by atomic mass is 10.1. The maximum absolute atomic E-state index is 11.1. The molecule has 0 aliphatic carbocycles. The standard InChI is InChI=1S/C15H18N2O3/c1-11-14(10-18)15(17(2)16-11)20-13-6-4-12(5-7-13)8-9-19-3/h4-7,10H,8-9H2,1-3H3. The molecule has 1 heterocycles. The second-order valence-electron chi connectivity index (χ2n) is 4.53. The maximum Gasteiger partial charge on any atom is 0.228 e. The van der Waals surface area contributed by atoms with E-state index in [2.05, 4.69) is 5.10 Å². The summed E-state index contributed by atoms with van der Waals surface area (Å²) in [5.74, 6) is 1.14. The number of carbonyl (C=O) groups excluding carboxylic acids is 1. The summed E-state index contributed by atoms with van der Waals surface area (Å²) in [6.45, 7) is 2.47. The molecule has 0 atom stereocenters. The van der Waals surface area contributed by atoms with Gasteiger partial charge in [0.05, 0.1) is 17.9 Å². The minimum absolute atomic E-state index is 0.460. The molecular weight excluding hydrogens is 256 g/mol. The van der Waals surface area contributed by atoms with E-state index in [1.807, 2.05) is 24.3 Å². The van der Waals surface area contributed by atoms with Gasteiger partial charge in [0.25, 0.3) is 0 Å². The molecule has 0 aliphatic rings.